The number of carbonyl (C=O) groups is 2. The number of nitrogens with zero attached hydrogens (tertiary/aromatic N) is 2. The maximum Gasteiger partial charge on any atom is 0.410 e. The molecule has 17 heavy (non-hydrogen) atoms. The monoisotopic (exact) mass is 259 g/mol. The lowest BCUT2D eigenvalue weighted by Gasteiger charge is -2.32. The van der Waals surface area contributed by atoms with E-state index in [0.29, 0.717) is 26.2 Å². The van der Waals surface area contributed by atoms with E-state index in [0.717, 1.165) is 17.5 Å². The number of hydrogen-bond acceptors (Lipinski definition) is 5. The van der Waals surface area contributed by atoms with E-state index in [1.165, 1.54) is 0 Å². The van der Waals surface area contributed by atoms with Gasteiger partial charge in [0.15, 0.2) is 0 Å². The molecule has 0 saturated carbocycles. The van der Waals surface area contributed by atoms with Gasteiger partial charge < -0.3 is 15.4 Å². The molecule has 0 atom stereocenters. The molecular formula is C10H17N3O3S. The molecule has 0 radical (unpaired) electrons. The Kier molecular flexibility index (Phi) is 5.30. The molecule has 0 spiro atoms. The average Bonchev–Trinajstić information content (AvgIpc) is 2.26. The van der Waals surface area contributed by atoms with Crippen LogP contribution in [0.5, 0.6) is 0 Å². The predicted molar refractivity (Wildman–Crippen MR) is 66.5 cm³/mol. The number of hydrogen-bond donors (Lipinski definition) is 1. The largest absolute Gasteiger partial charge is 0.445 e. The summed E-state index contributed by atoms with van der Waals surface area (Å²) in [6, 6.07) is 0. The Morgan fingerprint density at radius 2 is 1.94 bits per heavy atom. The molecule has 0 unspecified atom stereocenters. The van der Waals surface area contributed by atoms with Gasteiger partial charge in [-0.2, -0.15) is 0 Å². The number of ether oxygens (including phenoxy) is 1. The molecule has 1 fully saturated rings. The normalized spacial score (nSPS) is 16.6. The molecule has 1 heterocycles. The van der Waals surface area contributed by atoms with E-state index in [2.05, 4.69) is 6.58 Å². The minimum atomic E-state index is -0.427. The number of piperazine rings is 1. The summed E-state index contributed by atoms with van der Waals surface area (Å²) >= 11 is 0.987. The Morgan fingerprint density at radius 3 is 2.41 bits per heavy atom. The minimum absolute atomic E-state index is 0.245. The first-order valence-corrected chi connectivity index (χ1v) is 6.05. The molecule has 96 valence electrons. The summed E-state index contributed by atoms with van der Waals surface area (Å²) < 4.78 is 6.87. The molecule has 0 aromatic heterocycles. The molecule has 6 nitrogen and oxygen atoms in total. The Hall–Kier alpha value is -1.21. The second kappa shape index (κ2) is 6.51. The van der Waals surface area contributed by atoms with Crippen molar-refractivity contribution in [2.45, 2.75) is 6.92 Å². The van der Waals surface area contributed by atoms with Crippen molar-refractivity contribution < 1.29 is 14.3 Å². The predicted octanol–water partition coefficient (Wildman–Crippen LogP) is 1.04. The van der Waals surface area contributed by atoms with Gasteiger partial charge in [0.25, 0.3) is 5.24 Å². The lowest BCUT2D eigenvalue weighted by Crippen LogP contribution is -2.47. The second-order valence-electron chi connectivity index (χ2n) is 3.84. The molecule has 0 aromatic rings. The van der Waals surface area contributed by atoms with Crippen LogP contribution in [0.2, 0.25) is 0 Å². The quantitative estimate of drug-likeness (QED) is 0.605. The first-order chi connectivity index (χ1) is 7.99. The van der Waals surface area contributed by atoms with Crippen molar-refractivity contribution in [1.29, 1.82) is 0 Å². The number of amides is 2. The van der Waals surface area contributed by atoms with Crippen LogP contribution in [-0.2, 0) is 4.74 Å². The van der Waals surface area contributed by atoms with Crippen LogP contribution in [-0.4, -0.2) is 53.3 Å². The maximum absolute atomic E-state index is 11.6. The highest BCUT2D eigenvalue weighted by atomic mass is 32.2. The maximum atomic E-state index is 11.6. The van der Waals surface area contributed by atoms with Gasteiger partial charge >= 0.3 is 6.09 Å². The Balaban J connectivity index is 2.28. The van der Waals surface area contributed by atoms with Crippen LogP contribution >= 0.6 is 11.9 Å². The van der Waals surface area contributed by atoms with Crippen LogP contribution in [0, 0.1) is 0 Å². The van der Waals surface area contributed by atoms with Crippen LogP contribution in [0.4, 0.5) is 9.59 Å². The fourth-order valence-electron chi connectivity index (χ4n) is 1.37. The Bertz CT molecular complexity index is 314. The highest BCUT2D eigenvalue weighted by Gasteiger charge is 2.23. The Morgan fingerprint density at radius 1 is 1.35 bits per heavy atom. The molecule has 0 aliphatic carbocycles. The summed E-state index contributed by atoms with van der Waals surface area (Å²) in [5.74, 6) is 0. The Labute approximate surface area is 105 Å². The molecule has 2 amide bonds. The molecule has 0 bridgehead atoms. The highest BCUT2D eigenvalue weighted by molar-refractivity contribution is 8.11. The van der Waals surface area contributed by atoms with Crippen molar-refractivity contribution >= 4 is 23.3 Å². The molecule has 1 aliphatic rings. The first kappa shape index (κ1) is 13.9. The van der Waals surface area contributed by atoms with Crippen molar-refractivity contribution in [3.8, 4) is 0 Å². The third-order valence-electron chi connectivity index (χ3n) is 2.16. The summed E-state index contributed by atoms with van der Waals surface area (Å²) in [5, 5.41) is -0.427. The van der Waals surface area contributed by atoms with E-state index in [4.69, 9.17) is 10.5 Å². The van der Waals surface area contributed by atoms with E-state index in [1.807, 2.05) is 4.31 Å². The summed E-state index contributed by atoms with van der Waals surface area (Å²) in [6.07, 6.45) is -0.336. The number of primary amides is 1. The molecule has 2 N–H and O–H groups in total. The van der Waals surface area contributed by atoms with Gasteiger partial charge in [-0.25, -0.2) is 9.10 Å². The van der Waals surface area contributed by atoms with E-state index in [-0.39, 0.29) is 12.7 Å². The van der Waals surface area contributed by atoms with Gasteiger partial charge in [0.1, 0.15) is 6.61 Å². The number of nitrogens with two attached hydrogens (primary N) is 1. The van der Waals surface area contributed by atoms with Gasteiger partial charge in [-0.3, -0.25) is 4.79 Å². The van der Waals surface area contributed by atoms with Crippen LogP contribution in [0.1, 0.15) is 6.92 Å². The van der Waals surface area contributed by atoms with E-state index in [1.54, 1.807) is 11.8 Å². The first-order valence-electron chi connectivity index (χ1n) is 5.27. The molecule has 0 aromatic carbocycles. The summed E-state index contributed by atoms with van der Waals surface area (Å²) in [7, 11) is 0. The van der Waals surface area contributed by atoms with Crippen molar-refractivity contribution in [1.82, 2.24) is 9.21 Å². The van der Waals surface area contributed by atoms with E-state index < -0.39 is 5.24 Å². The van der Waals surface area contributed by atoms with Gasteiger partial charge in [-0.1, -0.05) is 6.58 Å². The van der Waals surface area contributed by atoms with E-state index >= 15 is 0 Å². The third kappa shape index (κ3) is 5.10. The lowest BCUT2D eigenvalue weighted by atomic mass is 10.4. The van der Waals surface area contributed by atoms with Crippen LogP contribution < -0.4 is 5.73 Å². The summed E-state index contributed by atoms with van der Waals surface area (Å²) in [5.41, 5.74) is 5.87. The second-order valence-corrected chi connectivity index (χ2v) is 4.94. The lowest BCUT2D eigenvalue weighted by molar-refractivity contribution is 0.0976. The van der Waals surface area contributed by atoms with E-state index in [9.17, 15) is 9.59 Å². The zero-order valence-corrected chi connectivity index (χ0v) is 10.7. The smallest absolute Gasteiger partial charge is 0.410 e. The number of rotatable bonds is 3. The average molecular weight is 259 g/mol. The standard InChI is InChI=1S/C10H17N3O3S/c1-8(2)7-16-10(15)12-3-5-13(6-4-12)17-9(11)14/h1,3-7H2,2H3,(H2,11,14). The molecular weight excluding hydrogens is 242 g/mol. The summed E-state index contributed by atoms with van der Waals surface area (Å²) in [6.45, 7) is 7.99. The van der Waals surface area contributed by atoms with Crippen LogP contribution in [0.25, 0.3) is 0 Å². The third-order valence-corrected chi connectivity index (χ3v) is 2.96. The van der Waals surface area contributed by atoms with Crippen molar-refractivity contribution in [3.63, 3.8) is 0 Å². The molecule has 1 saturated heterocycles. The zero-order chi connectivity index (χ0) is 12.8. The molecule has 1 rings (SSSR count). The fourth-order valence-corrected chi connectivity index (χ4v) is 1.97. The van der Waals surface area contributed by atoms with Crippen molar-refractivity contribution in [2.24, 2.45) is 5.73 Å². The topological polar surface area (TPSA) is 75.9 Å². The fraction of sp³-hybridized carbons (Fsp3) is 0.600. The zero-order valence-electron chi connectivity index (χ0n) is 9.85. The molecule has 7 heteroatoms. The van der Waals surface area contributed by atoms with Crippen molar-refractivity contribution in [2.75, 3.05) is 32.8 Å². The number of carbonyl (C=O) groups excluding carboxylic acids is 2. The van der Waals surface area contributed by atoms with Crippen LogP contribution in [0.3, 0.4) is 0 Å². The summed E-state index contributed by atoms with van der Waals surface area (Å²) in [4.78, 5) is 23.9. The SMILES string of the molecule is C=C(C)COC(=O)N1CCN(SC(N)=O)CC1. The van der Waals surface area contributed by atoms with Gasteiger partial charge in [-0.05, 0) is 12.5 Å². The van der Waals surface area contributed by atoms with Crippen molar-refractivity contribution in [3.05, 3.63) is 12.2 Å². The van der Waals surface area contributed by atoms with Gasteiger partial charge in [0.2, 0.25) is 0 Å². The highest BCUT2D eigenvalue weighted by Crippen LogP contribution is 2.13. The minimum Gasteiger partial charge on any atom is -0.445 e. The molecule has 1 aliphatic heterocycles. The van der Waals surface area contributed by atoms with Crippen LogP contribution in [0.15, 0.2) is 12.2 Å². The van der Waals surface area contributed by atoms with Gasteiger partial charge in [-0.15, -0.1) is 0 Å². The van der Waals surface area contributed by atoms with Gasteiger partial charge in [0, 0.05) is 38.1 Å². The van der Waals surface area contributed by atoms with Gasteiger partial charge in [0.05, 0.1) is 0 Å².